The second-order valence-electron chi connectivity index (χ2n) is 20.2. The summed E-state index contributed by atoms with van der Waals surface area (Å²) in [6.07, 6.45) is 4.16. The average molecular weight is 1140 g/mol. The Hall–Kier alpha value is -8.88. The molecule has 8 amide bonds. The minimum atomic E-state index is -1.40. The number of benzene rings is 3. The number of nitrogens with one attached hydrogen (secondary N) is 10. The maximum absolute atomic E-state index is 14.8. The first-order chi connectivity index (χ1) is 39.2. The predicted molar refractivity (Wildman–Crippen MR) is 307 cm³/mol. The van der Waals surface area contributed by atoms with E-state index in [4.69, 9.17) is 28.0 Å². The number of aliphatic imine (C=N–C) groups is 1. The number of carbonyl (C=O) groups excluding carboxylic acids is 8. The summed E-state index contributed by atoms with van der Waals surface area (Å²) in [5, 5.41) is 41.4. The smallest absolute Gasteiger partial charge is 0.322 e. The fourth-order valence-electron chi connectivity index (χ4n) is 8.98. The number of guanidine groups is 1. The highest BCUT2D eigenvalue weighted by Crippen LogP contribution is 2.22. The van der Waals surface area contributed by atoms with Gasteiger partial charge in [-0.25, -0.2) is 0 Å². The first-order valence-corrected chi connectivity index (χ1v) is 27.1. The number of hydrogen-bond acceptors (Lipinski definition) is 13. The van der Waals surface area contributed by atoms with Crippen LogP contribution in [0.3, 0.4) is 0 Å². The number of carboxylic acid groups (broad SMARTS) is 1. The molecule has 5 aromatic rings. The van der Waals surface area contributed by atoms with E-state index in [1.807, 2.05) is 36.4 Å². The van der Waals surface area contributed by atoms with Crippen LogP contribution in [0, 0.1) is 5.92 Å². The molecule has 0 radical (unpaired) electrons. The van der Waals surface area contributed by atoms with Crippen LogP contribution in [0.4, 0.5) is 0 Å². The topological polar surface area (TPSA) is 438 Å². The van der Waals surface area contributed by atoms with Gasteiger partial charge in [0.05, 0.1) is 6.61 Å². The van der Waals surface area contributed by atoms with Crippen molar-refractivity contribution in [1.29, 1.82) is 0 Å². The number of rotatable bonds is 33. The number of nitrogens with two attached hydrogens (primary N) is 4. The van der Waals surface area contributed by atoms with E-state index >= 15 is 0 Å². The fourth-order valence-corrected chi connectivity index (χ4v) is 8.98. The van der Waals surface area contributed by atoms with Gasteiger partial charge in [0.15, 0.2) is 5.96 Å². The standard InChI is InChI=1S/C56H77N15O11/c1-31(2)47(71-51(78)41(20-11-12-22-57)67-53(80)43(24-33-14-5-4-6-15-33)68-50(77)42(21-13-23-61-56(59)60)66-49(76)38(58)30-72)55(82)70-45(26-35-28-63-40-19-10-8-17-37(35)40)54(81)69-44(25-34-27-62-39-18-9-7-16-36(34)39)52(79)65-32(3)48(75)64-29-46(73)74/h4-10,14-19,27-28,31-32,38,41-45,47,62-63,72H,11-13,20-26,29-30,57-58H2,1-3H3,(H,64,75)(H,65,79)(H,66,76)(H,67,80)(H,68,77)(H,69,81)(H,70,82)(H,71,78)(H,73,74)(H4,59,60,61)/t32-,38-,41-,42-,43-,44-,45-,47-/m0/s1. The van der Waals surface area contributed by atoms with Gasteiger partial charge in [0, 0.05) is 60.0 Å². The van der Waals surface area contributed by atoms with Crippen molar-refractivity contribution in [2.45, 2.75) is 120 Å². The molecule has 26 nitrogen and oxygen atoms in total. The van der Waals surface area contributed by atoms with Crippen molar-refractivity contribution in [2.24, 2.45) is 33.8 Å². The number of H-pyrrole nitrogens is 2. The normalized spacial score (nSPS) is 14.1. The fraction of sp³-hybridized carbons (Fsp3) is 0.429. The van der Waals surface area contributed by atoms with Crippen LogP contribution < -0.4 is 65.5 Å². The quantitative estimate of drug-likeness (QED) is 0.0129. The number of aliphatic hydroxyl groups is 1. The molecule has 0 bridgehead atoms. The molecule has 0 unspecified atom stereocenters. The number of carboxylic acids is 1. The van der Waals surface area contributed by atoms with Crippen molar-refractivity contribution in [3.8, 4) is 0 Å². The van der Waals surface area contributed by atoms with Crippen molar-refractivity contribution in [2.75, 3.05) is 26.2 Å². The van der Waals surface area contributed by atoms with Gasteiger partial charge in [-0.1, -0.05) is 80.6 Å². The number of para-hydroxylation sites is 2. The Morgan fingerprint density at radius 3 is 1.54 bits per heavy atom. The molecule has 0 spiro atoms. The van der Waals surface area contributed by atoms with E-state index in [9.17, 15) is 48.3 Å². The number of aliphatic hydroxyl groups excluding tert-OH is 1. The van der Waals surface area contributed by atoms with Crippen LogP contribution in [0.2, 0.25) is 0 Å². The molecule has 26 heteroatoms. The van der Waals surface area contributed by atoms with E-state index < -0.39 is 121 Å². The van der Waals surface area contributed by atoms with E-state index in [0.29, 0.717) is 29.5 Å². The number of unbranched alkanes of at least 4 members (excludes halogenated alkanes) is 1. The van der Waals surface area contributed by atoms with Crippen LogP contribution in [0.5, 0.6) is 0 Å². The molecule has 0 saturated heterocycles. The maximum atomic E-state index is 14.8. The van der Waals surface area contributed by atoms with Gasteiger partial charge in [0.2, 0.25) is 47.3 Å². The number of hydrogen-bond donors (Lipinski definition) is 16. The molecule has 20 N–H and O–H groups in total. The van der Waals surface area contributed by atoms with Crippen molar-refractivity contribution < 1.29 is 53.4 Å². The first-order valence-electron chi connectivity index (χ1n) is 27.1. The molecule has 2 heterocycles. The van der Waals surface area contributed by atoms with Crippen LogP contribution in [0.25, 0.3) is 21.8 Å². The van der Waals surface area contributed by atoms with Gasteiger partial charge in [0.25, 0.3) is 0 Å². The largest absolute Gasteiger partial charge is 0.480 e. The zero-order valence-corrected chi connectivity index (χ0v) is 46.2. The summed E-state index contributed by atoms with van der Waals surface area (Å²) in [7, 11) is 0. The van der Waals surface area contributed by atoms with Gasteiger partial charge in [-0.2, -0.15) is 0 Å². The Balaban J connectivity index is 1.43. The van der Waals surface area contributed by atoms with Gasteiger partial charge in [0.1, 0.15) is 54.9 Å². The number of aliphatic carboxylic acids is 1. The lowest BCUT2D eigenvalue weighted by atomic mass is 9.98. The Kier molecular flexibility index (Phi) is 24.8. The van der Waals surface area contributed by atoms with Gasteiger partial charge in [-0.3, -0.25) is 48.1 Å². The number of aromatic amines is 2. The predicted octanol–water partition coefficient (Wildman–Crippen LogP) is -1.55. The minimum absolute atomic E-state index is 0.00286. The molecule has 442 valence electrons. The van der Waals surface area contributed by atoms with Gasteiger partial charge < -0.3 is 85.6 Å². The summed E-state index contributed by atoms with van der Waals surface area (Å²) in [6, 6.07) is 12.7. The molecular formula is C56H77N15O11. The third kappa shape index (κ3) is 19.4. The number of nitrogens with zero attached hydrogens (tertiary/aromatic N) is 1. The molecule has 0 aliphatic rings. The van der Waals surface area contributed by atoms with Crippen LogP contribution in [0.1, 0.15) is 69.6 Å². The zero-order chi connectivity index (χ0) is 59.9. The molecule has 8 atom stereocenters. The Bertz CT molecular complexity index is 3010. The molecule has 0 aliphatic heterocycles. The third-order valence-electron chi connectivity index (χ3n) is 13.5. The number of amides is 8. The molecule has 0 saturated carbocycles. The third-order valence-corrected chi connectivity index (χ3v) is 13.5. The summed E-state index contributed by atoms with van der Waals surface area (Å²) in [5.41, 5.74) is 25.9. The summed E-state index contributed by atoms with van der Waals surface area (Å²) in [6.45, 7) is 3.64. The lowest BCUT2D eigenvalue weighted by Gasteiger charge is -2.29. The van der Waals surface area contributed by atoms with Gasteiger partial charge >= 0.3 is 5.97 Å². The minimum Gasteiger partial charge on any atom is -0.480 e. The van der Waals surface area contributed by atoms with Gasteiger partial charge in [-0.05, 0) is 80.3 Å². The highest BCUT2D eigenvalue weighted by Gasteiger charge is 2.36. The summed E-state index contributed by atoms with van der Waals surface area (Å²) in [4.78, 5) is 134. The molecule has 5 rings (SSSR count). The summed E-state index contributed by atoms with van der Waals surface area (Å²) < 4.78 is 0. The van der Waals surface area contributed by atoms with E-state index in [-0.39, 0.29) is 57.6 Å². The SMILES string of the molecule is CC(C)[C@H](NC(=O)[C@H](CCCCN)NC(=O)[C@H](Cc1ccccc1)NC(=O)[C@H](CCCN=C(N)N)NC(=O)[C@@H](N)CO)C(=O)N[C@@H](Cc1c[nH]c2ccccc12)C(=O)N[C@@H](Cc1c[nH]c2ccccc12)C(=O)N[C@@H](C)C(=O)NCC(=O)O. The number of aromatic nitrogens is 2. The maximum Gasteiger partial charge on any atom is 0.322 e. The second-order valence-corrected chi connectivity index (χ2v) is 20.2. The second kappa shape index (κ2) is 31.8. The first kappa shape index (κ1) is 63.9. The molecule has 2 aromatic heterocycles. The van der Waals surface area contributed by atoms with E-state index in [0.717, 1.165) is 21.8 Å². The lowest BCUT2D eigenvalue weighted by Crippen LogP contribution is -2.61. The van der Waals surface area contributed by atoms with Crippen molar-refractivity contribution in [3.63, 3.8) is 0 Å². The van der Waals surface area contributed by atoms with Crippen molar-refractivity contribution in [1.82, 2.24) is 52.5 Å². The highest BCUT2D eigenvalue weighted by molar-refractivity contribution is 5.99. The van der Waals surface area contributed by atoms with E-state index in [1.165, 1.54) is 6.92 Å². The molecular weight excluding hydrogens is 1060 g/mol. The monoisotopic (exact) mass is 1140 g/mol. The molecule has 82 heavy (non-hydrogen) atoms. The average Bonchev–Trinajstić information content (AvgIpc) is 4.13. The Morgan fingerprint density at radius 2 is 1.01 bits per heavy atom. The van der Waals surface area contributed by atoms with E-state index in [2.05, 4.69) is 57.5 Å². The lowest BCUT2D eigenvalue weighted by molar-refractivity contribution is -0.138. The number of fused-ring (bicyclic) bond motifs is 2. The zero-order valence-electron chi connectivity index (χ0n) is 46.2. The molecule has 0 aliphatic carbocycles. The van der Waals surface area contributed by atoms with Gasteiger partial charge in [-0.15, -0.1) is 0 Å². The van der Waals surface area contributed by atoms with Crippen molar-refractivity contribution in [3.05, 3.63) is 108 Å². The van der Waals surface area contributed by atoms with Crippen molar-refractivity contribution >= 4 is 81.0 Å². The Morgan fingerprint density at radius 1 is 0.549 bits per heavy atom. The molecule has 3 aromatic carbocycles. The molecule has 0 fully saturated rings. The van der Waals surface area contributed by atoms with Crippen LogP contribution in [0.15, 0.2) is 96.2 Å². The summed E-state index contributed by atoms with van der Waals surface area (Å²) in [5.74, 6) is -8.46. The highest BCUT2D eigenvalue weighted by atomic mass is 16.4. The number of carbonyl (C=O) groups is 9. The van der Waals surface area contributed by atoms with Crippen LogP contribution in [-0.2, 0) is 62.4 Å². The van der Waals surface area contributed by atoms with Crippen LogP contribution in [-0.4, -0.2) is 154 Å². The summed E-state index contributed by atoms with van der Waals surface area (Å²) >= 11 is 0. The van der Waals surface area contributed by atoms with Crippen LogP contribution >= 0.6 is 0 Å². The Labute approximate surface area is 473 Å². The van der Waals surface area contributed by atoms with E-state index in [1.54, 1.807) is 68.7 Å².